The van der Waals surface area contributed by atoms with Gasteiger partial charge < -0.3 is 19.6 Å². The zero-order valence-electron chi connectivity index (χ0n) is 18.2. The number of hydrogen-bond donors (Lipinski definition) is 4. The molecule has 0 amide bonds. The molecule has 0 aliphatic carbocycles. The summed E-state index contributed by atoms with van der Waals surface area (Å²) in [5.74, 6) is 0. The van der Waals surface area contributed by atoms with Gasteiger partial charge in [-0.05, 0) is 46.5 Å². The molecule has 0 aliphatic rings. The SMILES string of the molecule is CC=CCCCCCC.CCCCCCC=C(C)C.O=P(O)(O)OP(=O)(O)O. The van der Waals surface area contributed by atoms with Crippen LogP contribution in [0.1, 0.15) is 98.8 Å². The molecule has 0 atom stereocenters. The zero-order chi connectivity index (χ0) is 22.5. The lowest BCUT2D eigenvalue weighted by Gasteiger charge is -2.03. The van der Waals surface area contributed by atoms with Crippen molar-refractivity contribution in [2.75, 3.05) is 0 Å². The molecule has 0 rings (SSSR count). The van der Waals surface area contributed by atoms with E-state index in [1.165, 1.54) is 69.8 Å². The first kappa shape index (κ1) is 32.4. The molecule has 0 heterocycles. The molecule has 7 nitrogen and oxygen atoms in total. The van der Waals surface area contributed by atoms with E-state index < -0.39 is 15.6 Å². The van der Waals surface area contributed by atoms with Crippen LogP contribution in [0, 0.1) is 0 Å². The van der Waals surface area contributed by atoms with Gasteiger partial charge in [0.05, 0.1) is 0 Å². The van der Waals surface area contributed by atoms with Crippen LogP contribution < -0.4 is 0 Å². The molecule has 0 saturated heterocycles. The summed E-state index contributed by atoms with van der Waals surface area (Å²) in [6.45, 7) is 10.9. The van der Waals surface area contributed by atoms with Gasteiger partial charge in [-0.25, -0.2) is 9.13 Å². The van der Waals surface area contributed by atoms with E-state index in [9.17, 15) is 9.13 Å². The molecular formula is C19H42O7P2. The minimum Gasteiger partial charge on any atom is -0.302 e. The molecule has 170 valence electrons. The minimum absolute atomic E-state index is 1.27. The van der Waals surface area contributed by atoms with Gasteiger partial charge in [-0.2, -0.15) is 4.31 Å². The van der Waals surface area contributed by atoms with Crippen molar-refractivity contribution >= 4 is 15.6 Å². The molecule has 0 saturated carbocycles. The van der Waals surface area contributed by atoms with Gasteiger partial charge >= 0.3 is 15.6 Å². The Morgan fingerprint density at radius 1 is 0.786 bits per heavy atom. The van der Waals surface area contributed by atoms with E-state index in [2.05, 4.69) is 57.2 Å². The Morgan fingerprint density at radius 2 is 1.21 bits per heavy atom. The maximum Gasteiger partial charge on any atom is 0.478 e. The normalized spacial score (nSPS) is 11.3. The summed E-state index contributed by atoms with van der Waals surface area (Å²) < 4.78 is 22.2. The Kier molecular flexibility index (Phi) is 24.8. The third kappa shape index (κ3) is 44.9. The third-order valence-electron chi connectivity index (χ3n) is 3.28. The Labute approximate surface area is 171 Å². The standard InChI is InChI=1S/C10H20.C9H18.H4O7P2/c1-4-5-6-7-8-9-10(2)3;1-3-5-7-9-8-6-4-2;1-8(2,3)7-9(4,5)6/h9H,4-8H2,1-3H3;3,5H,4,6-9H2,1-2H3;(H2,1,2,3)(H2,4,5,6). The Morgan fingerprint density at radius 3 is 1.50 bits per heavy atom. The molecule has 0 spiro atoms. The van der Waals surface area contributed by atoms with Gasteiger partial charge in [0, 0.05) is 0 Å². The van der Waals surface area contributed by atoms with Crippen molar-refractivity contribution in [3.63, 3.8) is 0 Å². The molecule has 0 aromatic carbocycles. The fourth-order valence-electron chi connectivity index (χ4n) is 1.96. The summed E-state index contributed by atoms with van der Waals surface area (Å²) in [4.78, 5) is 31.0. The smallest absolute Gasteiger partial charge is 0.302 e. The van der Waals surface area contributed by atoms with Crippen LogP contribution in [0.2, 0.25) is 0 Å². The van der Waals surface area contributed by atoms with Crippen molar-refractivity contribution < 1.29 is 33.0 Å². The lowest BCUT2D eigenvalue weighted by Crippen LogP contribution is -1.84. The van der Waals surface area contributed by atoms with Crippen LogP contribution >= 0.6 is 15.6 Å². The van der Waals surface area contributed by atoms with Gasteiger partial charge in [-0.15, -0.1) is 0 Å². The van der Waals surface area contributed by atoms with Crippen molar-refractivity contribution in [1.82, 2.24) is 0 Å². The fourth-order valence-corrected chi connectivity index (χ4v) is 3.06. The van der Waals surface area contributed by atoms with Gasteiger partial charge in [0.2, 0.25) is 0 Å². The summed E-state index contributed by atoms with van der Waals surface area (Å²) in [5, 5.41) is 0. The molecule has 4 N–H and O–H groups in total. The highest BCUT2D eigenvalue weighted by molar-refractivity contribution is 7.60. The summed E-state index contributed by atoms with van der Waals surface area (Å²) in [5.41, 5.74) is 1.46. The van der Waals surface area contributed by atoms with E-state index in [0.717, 1.165) is 0 Å². The van der Waals surface area contributed by atoms with Gasteiger partial charge in [0.25, 0.3) is 0 Å². The van der Waals surface area contributed by atoms with Gasteiger partial charge in [0.1, 0.15) is 0 Å². The Balaban J connectivity index is -0.000000336. The molecule has 0 radical (unpaired) electrons. The van der Waals surface area contributed by atoms with Gasteiger partial charge in [-0.3, -0.25) is 0 Å². The van der Waals surface area contributed by atoms with Crippen LogP contribution in [-0.2, 0) is 13.4 Å². The first-order valence-corrected chi connectivity index (χ1v) is 13.0. The topological polar surface area (TPSA) is 124 Å². The van der Waals surface area contributed by atoms with E-state index in [1.54, 1.807) is 0 Å². The second-order valence-corrected chi connectivity index (χ2v) is 9.23. The second kappa shape index (κ2) is 21.4. The largest absolute Gasteiger partial charge is 0.478 e. The molecule has 9 heteroatoms. The lowest BCUT2D eigenvalue weighted by atomic mass is 10.1. The van der Waals surface area contributed by atoms with Crippen LogP contribution in [0.25, 0.3) is 0 Å². The number of allylic oxidation sites excluding steroid dienone is 4. The molecule has 0 unspecified atom stereocenters. The van der Waals surface area contributed by atoms with E-state index in [4.69, 9.17) is 19.6 Å². The third-order valence-corrected chi connectivity index (χ3v) is 4.98. The first-order chi connectivity index (χ1) is 12.9. The number of rotatable bonds is 12. The van der Waals surface area contributed by atoms with Crippen LogP contribution in [-0.4, -0.2) is 19.6 Å². The first-order valence-electron chi connectivity index (χ1n) is 9.96. The molecule has 0 aromatic heterocycles. The molecule has 28 heavy (non-hydrogen) atoms. The Bertz CT molecular complexity index is 455. The lowest BCUT2D eigenvalue weighted by molar-refractivity contribution is 0.225. The van der Waals surface area contributed by atoms with Crippen molar-refractivity contribution in [2.24, 2.45) is 0 Å². The predicted octanol–water partition coefficient (Wildman–Crippen LogP) is 6.64. The summed E-state index contributed by atoms with van der Waals surface area (Å²) in [7, 11) is -10.1. The fraction of sp³-hybridized carbons (Fsp3) is 0.789. The average molecular weight is 444 g/mol. The van der Waals surface area contributed by atoms with Crippen LogP contribution in [0.15, 0.2) is 23.8 Å². The monoisotopic (exact) mass is 444 g/mol. The summed E-state index contributed by atoms with van der Waals surface area (Å²) in [6.07, 6.45) is 20.3. The molecule has 0 bridgehead atoms. The van der Waals surface area contributed by atoms with E-state index >= 15 is 0 Å². The molecular weight excluding hydrogens is 402 g/mol. The van der Waals surface area contributed by atoms with Gasteiger partial charge in [0.15, 0.2) is 0 Å². The molecule has 0 aromatic rings. The van der Waals surface area contributed by atoms with Crippen molar-refractivity contribution in [2.45, 2.75) is 98.8 Å². The summed E-state index contributed by atoms with van der Waals surface area (Å²) in [6, 6.07) is 0. The van der Waals surface area contributed by atoms with E-state index in [1.807, 2.05) is 0 Å². The Hall–Kier alpha value is -0.260. The van der Waals surface area contributed by atoms with Crippen LogP contribution in [0.3, 0.4) is 0 Å². The average Bonchev–Trinajstić information content (AvgIpc) is 2.52. The van der Waals surface area contributed by atoms with Crippen molar-refractivity contribution in [3.8, 4) is 0 Å². The maximum atomic E-state index is 9.63. The molecule has 0 fully saturated rings. The highest BCUT2D eigenvalue weighted by Gasteiger charge is 2.27. The highest BCUT2D eigenvalue weighted by Crippen LogP contribution is 2.53. The summed E-state index contributed by atoms with van der Waals surface area (Å²) >= 11 is 0. The second-order valence-electron chi connectivity index (χ2n) is 6.61. The highest BCUT2D eigenvalue weighted by atomic mass is 31.3. The zero-order valence-corrected chi connectivity index (χ0v) is 20.0. The maximum absolute atomic E-state index is 9.63. The van der Waals surface area contributed by atoms with E-state index in [0.29, 0.717) is 0 Å². The van der Waals surface area contributed by atoms with Crippen molar-refractivity contribution in [3.05, 3.63) is 23.8 Å². The van der Waals surface area contributed by atoms with Gasteiger partial charge in [-0.1, -0.05) is 76.2 Å². The van der Waals surface area contributed by atoms with Crippen LogP contribution in [0.5, 0.6) is 0 Å². The number of phosphoric acid groups is 2. The predicted molar refractivity (Wildman–Crippen MR) is 117 cm³/mol. The number of hydrogen-bond acceptors (Lipinski definition) is 3. The van der Waals surface area contributed by atoms with Crippen LogP contribution in [0.4, 0.5) is 0 Å². The van der Waals surface area contributed by atoms with Crippen molar-refractivity contribution in [1.29, 1.82) is 0 Å². The number of unbranched alkanes of at least 4 members (excludes halogenated alkanes) is 8. The van der Waals surface area contributed by atoms with E-state index in [-0.39, 0.29) is 0 Å². The minimum atomic E-state index is -5.05. The molecule has 0 aliphatic heterocycles. The quantitative estimate of drug-likeness (QED) is 0.151.